The molecule has 0 atom stereocenters. The number of amides is 2. The third-order valence-corrected chi connectivity index (χ3v) is 7.38. The van der Waals surface area contributed by atoms with Gasteiger partial charge in [0.05, 0.1) is 33.4 Å². The van der Waals surface area contributed by atoms with Crippen LogP contribution in [0.15, 0.2) is 48.7 Å². The SMILES string of the molecule is NC(=O)c1nn(-c2c(Cl)cccc2Cl)cc1Nc1ccc(C(=O)N2CCS(=O)(=O)CC2)cc1. The van der Waals surface area contributed by atoms with Gasteiger partial charge in [-0.25, -0.2) is 13.1 Å². The van der Waals surface area contributed by atoms with Crippen LogP contribution in [-0.4, -0.2) is 59.5 Å². The van der Waals surface area contributed by atoms with E-state index in [9.17, 15) is 18.0 Å². The van der Waals surface area contributed by atoms with Crippen LogP contribution >= 0.6 is 23.2 Å². The smallest absolute Gasteiger partial charge is 0.271 e. The van der Waals surface area contributed by atoms with Crippen LogP contribution in [0.3, 0.4) is 0 Å². The molecule has 172 valence electrons. The lowest BCUT2D eigenvalue weighted by atomic mass is 10.1. The van der Waals surface area contributed by atoms with Crippen molar-refractivity contribution in [2.45, 2.75) is 0 Å². The number of benzene rings is 2. The molecule has 0 spiro atoms. The first-order valence-electron chi connectivity index (χ1n) is 9.85. The number of carbonyl (C=O) groups is 2. The molecule has 3 aromatic rings. The zero-order chi connectivity index (χ0) is 23.8. The highest BCUT2D eigenvalue weighted by Gasteiger charge is 2.25. The van der Waals surface area contributed by atoms with Gasteiger partial charge < -0.3 is 16.0 Å². The Bertz CT molecular complexity index is 1300. The second kappa shape index (κ2) is 9.05. The summed E-state index contributed by atoms with van der Waals surface area (Å²) in [5.74, 6) is -1.05. The summed E-state index contributed by atoms with van der Waals surface area (Å²) in [7, 11) is -3.07. The Hall–Kier alpha value is -3.08. The summed E-state index contributed by atoms with van der Waals surface area (Å²) in [5.41, 5.74) is 7.22. The van der Waals surface area contributed by atoms with E-state index < -0.39 is 15.7 Å². The minimum Gasteiger partial charge on any atom is -0.364 e. The maximum Gasteiger partial charge on any atom is 0.271 e. The van der Waals surface area contributed by atoms with Crippen molar-refractivity contribution in [3.63, 3.8) is 0 Å². The fourth-order valence-corrected chi connectivity index (χ4v) is 5.19. The van der Waals surface area contributed by atoms with Gasteiger partial charge >= 0.3 is 0 Å². The predicted octanol–water partition coefficient (Wildman–Crippen LogP) is 2.89. The van der Waals surface area contributed by atoms with Gasteiger partial charge in [-0.3, -0.25) is 9.59 Å². The van der Waals surface area contributed by atoms with Crippen molar-refractivity contribution < 1.29 is 18.0 Å². The predicted molar refractivity (Wildman–Crippen MR) is 126 cm³/mol. The van der Waals surface area contributed by atoms with Crippen molar-refractivity contribution >= 4 is 56.2 Å². The Kier molecular flexibility index (Phi) is 6.33. The van der Waals surface area contributed by atoms with E-state index in [-0.39, 0.29) is 36.2 Å². The number of sulfone groups is 1. The molecule has 2 heterocycles. The number of nitrogens with zero attached hydrogens (tertiary/aromatic N) is 3. The highest BCUT2D eigenvalue weighted by Crippen LogP contribution is 2.30. The van der Waals surface area contributed by atoms with E-state index in [0.717, 1.165) is 0 Å². The molecule has 2 amide bonds. The largest absolute Gasteiger partial charge is 0.364 e. The maximum absolute atomic E-state index is 12.7. The molecule has 33 heavy (non-hydrogen) atoms. The van der Waals surface area contributed by atoms with Crippen LogP contribution in [0.25, 0.3) is 5.69 Å². The molecule has 1 aliphatic heterocycles. The summed E-state index contributed by atoms with van der Waals surface area (Å²) in [6.07, 6.45) is 1.54. The van der Waals surface area contributed by atoms with Gasteiger partial charge in [-0.15, -0.1) is 0 Å². The fourth-order valence-electron chi connectivity index (χ4n) is 3.42. The zero-order valence-electron chi connectivity index (χ0n) is 17.2. The molecule has 0 aliphatic carbocycles. The average molecular weight is 508 g/mol. The Balaban J connectivity index is 1.55. The molecular weight excluding hydrogens is 489 g/mol. The van der Waals surface area contributed by atoms with E-state index in [2.05, 4.69) is 10.4 Å². The van der Waals surface area contributed by atoms with E-state index in [1.807, 2.05) is 0 Å². The Labute approximate surface area is 200 Å². The van der Waals surface area contributed by atoms with Gasteiger partial charge in [-0.1, -0.05) is 29.3 Å². The molecule has 0 unspecified atom stereocenters. The van der Waals surface area contributed by atoms with Crippen molar-refractivity contribution in [2.75, 3.05) is 29.9 Å². The molecule has 0 radical (unpaired) electrons. The van der Waals surface area contributed by atoms with Crippen LogP contribution in [0.5, 0.6) is 0 Å². The third kappa shape index (κ3) is 4.97. The zero-order valence-corrected chi connectivity index (χ0v) is 19.5. The first kappa shape index (κ1) is 23.1. The highest BCUT2D eigenvalue weighted by atomic mass is 35.5. The summed E-state index contributed by atoms with van der Waals surface area (Å²) >= 11 is 12.5. The molecular formula is C21H19Cl2N5O4S. The van der Waals surface area contributed by atoms with Gasteiger partial charge in [0.2, 0.25) is 0 Å². The van der Waals surface area contributed by atoms with Crippen molar-refractivity contribution in [3.8, 4) is 5.69 Å². The maximum atomic E-state index is 12.7. The molecule has 3 N–H and O–H groups in total. The van der Waals surface area contributed by atoms with E-state index >= 15 is 0 Å². The second-order valence-electron chi connectivity index (χ2n) is 7.42. The molecule has 1 aromatic heterocycles. The minimum atomic E-state index is -3.07. The normalized spacial score (nSPS) is 15.3. The van der Waals surface area contributed by atoms with Gasteiger partial charge in [-0.05, 0) is 36.4 Å². The lowest BCUT2D eigenvalue weighted by Crippen LogP contribution is -2.43. The van der Waals surface area contributed by atoms with E-state index in [1.165, 1.54) is 9.58 Å². The number of anilines is 2. The van der Waals surface area contributed by atoms with Gasteiger partial charge in [0, 0.05) is 24.3 Å². The first-order valence-corrected chi connectivity index (χ1v) is 12.4. The number of hydrogen-bond acceptors (Lipinski definition) is 6. The number of rotatable bonds is 5. The number of hydrogen-bond donors (Lipinski definition) is 2. The number of nitrogens with two attached hydrogens (primary N) is 1. The number of nitrogens with one attached hydrogen (secondary N) is 1. The summed E-state index contributed by atoms with van der Waals surface area (Å²) < 4.78 is 24.5. The summed E-state index contributed by atoms with van der Waals surface area (Å²) in [5, 5.41) is 7.98. The summed E-state index contributed by atoms with van der Waals surface area (Å²) in [6, 6.07) is 11.6. The van der Waals surface area contributed by atoms with Gasteiger partial charge in [-0.2, -0.15) is 5.10 Å². The molecule has 1 fully saturated rings. The van der Waals surface area contributed by atoms with Crippen molar-refractivity contribution in [3.05, 3.63) is 70.0 Å². The van der Waals surface area contributed by atoms with Gasteiger partial charge in [0.1, 0.15) is 5.69 Å². The van der Waals surface area contributed by atoms with E-state index in [0.29, 0.717) is 32.7 Å². The van der Waals surface area contributed by atoms with Crippen LogP contribution < -0.4 is 11.1 Å². The summed E-state index contributed by atoms with van der Waals surface area (Å²) in [4.78, 5) is 26.1. The molecule has 2 aromatic carbocycles. The molecule has 1 aliphatic rings. The van der Waals surface area contributed by atoms with Crippen LogP contribution in [0.2, 0.25) is 10.0 Å². The lowest BCUT2D eigenvalue weighted by molar-refractivity contribution is 0.0770. The Morgan fingerprint density at radius 2 is 1.61 bits per heavy atom. The van der Waals surface area contributed by atoms with E-state index in [4.69, 9.17) is 28.9 Å². The molecule has 0 saturated carbocycles. The lowest BCUT2D eigenvalue weighted by Gasteiger charge is -2.26. The topological polar surface area (TPSA) is 127 Å². The standard InChI is InChI=1S/C21H19Cl2N5O4S/c22-15-2-1-3-16(23)19(15)28-12-17(18(26-28)20(24)29)25-14-6-4-13(5-7-14)21(30)27-8-10-33(31,32)11-9-27/h1-7,12,25H,8-11H2,(H2,24,29). The molecule has 0 bridgehead atoms. The Morgan fingerprint density at radius 1 is 1.00 bits per heavy atom. The number of para-hydroxylation sites is 1. The quantitative estimate of drug-likeness (QED) is 0.546. The number of aromatic nitrogens is 2. The van der Waals surface area contributed by atoms with Crippen molar-refractivity contribution in [1.29, 1.82) is 0 Å². The van der Waals surface area contributed by atoms with Crippen LogP contribution in [0, 0.1) is 0 Å². The first-order chi connectivity index (χ1) is 15.6. The third-order valence-electron chi connectivity index (χ3n) is 5.16. The monoisotopic (exact) mass is 507 g/mol. The fraction of sp³-hybridized carbons (Fsp3) is 0.190. The second-order valence-corrected chi connectivity index (χ2v) is 10.5. The average Bonchev–Trinajstić information content (AvgIpc) is 3.17. The van der Waals surface area contributed by atoms with Gasteiger partial charge in [0.25, 0.3) is 11.8 Å². The highest BCUT2D eigenvalue weighted by molar-refractivity contribution is 7.91. The molecule has 1 saturated heterocycles. The van der Waals surface area contributed by atoms with E-state index in [1.54, 1.807) is 48.7 Å². The molecule has 9 nitrogen and oxygen atoms in total. The minimum absolute atomic E-state index is 0.0133. The Morgan fingerprint density at radius 3 is 2.18 bits per heavy atom. The van der Waals surface area contributed by atoms with Crippen molar-refractivity contribution in [2.24, 2.45) is 5.73 Å². The number of halogens is 2. The number of carbonyl (C=O) groups excluding carboxylic acids is 2. The number of primary amides is 1. The van der Waals surface area contributed by atoms with Crippen LogP contribution in [0.1, 0.15) is 20.8 Å². The molecule has 4 rings (SSSR count). The van der Waals surface area contributed by atoms with Crippen LogP contribution in [0.4, 0.5) is 11.4 Å². The van der Waals surface area contributed by atoms with Crippen molar-refractivity contribution in [1.82, 2.24) is 14.7 Å². The molecule has 12 heteroatoms. The van der Waals surface area contributed by atoms with Gasteiger partial charge in [0.15, 0.2) is 15.5 Å². The summed E-state index contributed by atoms with van der Waals surface area (Å²) in [6.45, 7) is 0.347. The van der Waals surface area contributed by atoms with Crippen LogP contribution in [-0.2, 0) is 9.84 Å².